The third-order valence-electron chi connectivity index (χ3n) is 3.30. The van der Waals surface area contributed by atoms with Crippen LogP contribution in [0.3, 0.4) is 0 Å². The summed E-state index contributed by atoms with van der Waals surface area (Å²) in [6.07, 6.45) is 2.84. The van der Waals surface area contributed by atoms with Gasteiger partial charge in [-0.1, -0.05) is 15.9 Å². The van der Waals surface area contributed by atoms with E-state index in [1.54, 1.807) is 32.4 Å². The molecule has 7 heteroatoms. The van der Waals surface area contributed by atoms with Crippen LogP contribution >= 0.6 is 15.9 Å². The van der Waals surface area contributed by atoms with E-state index in [-0.39, 0.29) is 23.7 Å². The van der Waals surface area contributed by atoms with Crippen molar-refractivity contribution in [1.29, 1.82) is 0 Å². The summed E-state index contributed by atoms with van der Waals surface area (Å²) in [5.41, 5.74) is 1.04. The number of carbonyl (C=O) groups excluding carboxylic acids is 1. The van der Waals surface area contributed by atoms with E-state index in [1.807, 2.05) is 0 Å². The smallest absolute Gasteiger partial charge is 0.357 e. The lowest BCUT2D eigenvalue weighted by Gasteiger charge is -2.10. The second kappa shape index (κ2) is 8.84. The van der Waals surface area contributed by atoms with Crippen molar-refractivity contribution in [3.63, 3.8) is 0 Å². The second-order valence-corrected chi connectivity index (χ2v) is 5.92. The summed E-state index contributed by atoms with van der Waals surface area (Å²) in [6.45, 7) is 2.52. The topological polar surface area (TPSA) is 61.3 Å². The highest BCUT2D eigenvalue weighted by atomic mass is 79.9. The van der Waals surface area contributed by atoms with Crippen LogP contribution in [0.1, 0.15) is 29.4 Å². The zero-order chi connectivity index (χ0) is 17.5. The number of hydrogen-bond donors (Lipinski definition) is 0. The standard InChI is InChI=1S/C17H18BrFN2O3/c1-3-24-17(22)15-11(5-4-8-23-2)10-20-16(21-15)13-9-12(18)6-7-14(13)19/h6-7,9-10H,3-5,8H2,1-2H3. The molecule has 0 radical (unpaired) electrons. The van der Waals surface area contributed by atoms with Gasteiger partial charge in [0.15, 0.2) is 11.5 Å². The SMILES string of the molecule is CCOC(=O)c1nc(-c2cc(Br)ccc2F)ncc1CCCOC. The molecule has 2 rings (SSSR count). The largest absolute Gasteiger partial charge is 0.461 e. The van der Waals surface area contributed by atoms with Gasteiger partial charge in [-0.25, -0.2) is 19.2 Å². The van der Waals surface area contributed by atoms with Crippen molar-refractivity contribution >= 4 is 21.9 Å². The van der Waals surface area contributed by atoms with Gasteiger partial charge in [0, 0.05) is 29.9 Å². The number of aryl methyl sites for hydroxylation is 1. The molecule has 0 atom stereocenters. The molecule has 0 spiro atoms. The quantitative estimate of drug-likeness (QED) is 0.526. The maximum absolute atomic E-state index is 14.1. The van der Waals surface area contributed by atoms with Gasteiger partial charge in [-0.15, -0.1) is 0 Å². The highest BCUT2D eigenvalue weighted by Crippen LogP contribution is 2.24. The number of esters is 1. The fourth-order valence-corrected chi connectivity index (χ4v) is 2.53. The number of halogens is 2. The lowest BCUT2D eigenvalue weighted by molar-refractivity contribution is 0.0517. The third kappa shape index (κ3) is 4.58. The first-order valence-corrected chi connectivity index (χ1v) is 8.33. The average Bonchev–Trinajstić information content (AvgIpc) is 2.58. The lowest BCUT2D eigenvalue weighted by Crippen LogP contribution is -2.13. The zero-order valence-electron chi connectivity index (χ0n) is 13.5. The average molecular weight is 397 g/mol. The van der Waals surface area contributed by atoms with E-state index in [4.69, 9.17) is 9.47 Å². The minimum atomic E-state index is -0.538. The molecule has 0 aliphatic rings. The summed E-state index contributed by atoms with van der Waals surface area (Å²) < 4.78 is 24.8. The Kier molecular flexibility index (Phi) is 6.81. The van der Waals surface area contributed by atoms with Crippen LogP contribution in [0.5, 0.6) is 0 Å². The summed E-state index contributed by atoms with van der Waals surface area (Å²) in [4.78, 5) is 20.7. The maximum atomic E-state index is 14.1. The summed E-state index contributed by atoms with van der Waals surface area (Å²) in [5.74, 6) is -0.851. The lowest BCUT2D eigenvalue weighted by atomic mass is 10.1. The van der Waals surface area contributed by atoms with Gasteiger partial charge in [0.05, 0.1) is 12.2 Å². The van der Waals surface area contributed by atoms with Crippen LogP contribution in [0.2, 0.25) is 0 Å². The Hall–Kier alpha value is -1.86. The molecule has 0 aliphatic carbocycles. The monoisotopic (exact) mass is 396 g/mol. The van der Waals surface area contributed by atoms with Crippen LogP contribution in [-0.2, 0) is 15.9 Å². The van der Waals surface area contributed by atoms with Gasteiger partial charge < -0.3 is 9.47 Å². The number of carbonyl (C=O) groups is 1. The normalized spacial score (nSPS) is 10.7. The minimum Gasteiger partial charge on any atom is -0.461 e. The molecule has 0 unspecified atom stereocenters. The van der Waals surface area contributed by atoms with Gasteiger partial charge in [0.2, 0.25) is 0 Å². The maximum Gasteiger partial charge on any atom is 0.357 e. The fraction of sp³-hybridized carbons (Fsp3) is 0.353. The van der Waals surface area contributed by atoms with Gasteiger partial charge in [-0.2, -0.15) is 0 Å². The highest BCUT2D eigenvalue weighted by Gasteiger charge is 2.18. The number of rotatable bonds is 7. The van der Waals surface area contributed by atoms with Crippen molar-refractivity contribution in [3.8, 4) is 11.4 Å². The fourth-order valence-electron chi connectivity index (χ4n) is 2.17. The Morgan fingerprint density at radius 1 is 1.38 bits per heavy atom. The first-order valence-electron chi connectivity index (χ1n) is 7.54. The minimum absolute atomic E-state index is 0.146. The molecule has 128 valence electrons. The van der Waals surface area contributed by atoms with Crippen LogP contribution in [0.25, 0.3) is 11.4 Å². The third-order valence-corrected chi connectivity index (χ3v) is 3.79. The van der Waals surface area contributed by atoms with E-state index >= 15 is 0 Å². The molecular formula is C17H18BrFN2O3. The van der Waals surface area contributed by atoms with Gasteiger partial charge in [-0.3, -0.25) is 0 Å². The number of methoxy groups -OCH3 is 1. The van der Waals surface area contributed by atoms with E-state index in [0.29, 0.717) is 23.1 Å². The van der Waals surface area contributed by atoms with Crippen LogP contribution in [-0.4, -0.2) is 36.3 Å². The molecule has 1 aromatic heterocycles. The van der Waals surface area contributed by atoms with E-state index in [9.17, 15) is 9.18 Å². The molecule has 2 aromatic rings. The van der Waals surface area contributed by atoms with Crippen molar-refractivity contribution in [3.05, 3.63) is 45.9 Å². The predicted molar refractivity (Wildman–Crippen MR) is 91.3 cm³/mol. The van der Waals surface area contributed by atoms with Crippen molar-refractivity contribution in [2.75, 3.05) is 20.3 Å². The molecule has 0 bridgehead atoms. The first kappa shape index (κ1) is 18.5. The molecule has 0 N–H and O–H groups in total. The second-order valence-electron chi connectivity index (χ2n) is 5.01. The van der Waals surface area contributed by atoms with Gasteiger partial charge in [0.1, 0.15) is 5.82 Å². The van der Waals surface area contributed by atoms with Gasteiger partial charge in [0.25, 0.3) is 0 Å². The highest BCUT2D eigenvalue weighted by molar-refractivity contribution is 9.10. The van der Waals surface area contributed by atoms with E-state index < -0.39 is 11.8 Å². The van der Waals surface area contributed by atoms with Crippen LogP contribution in [0.4, 0.5) is 4.39 Å². The summed E-state index contributed by atoms with van der Waals surface area (Å²) >= 11 is 3.29. The molecule has 0 saturated carbocycles. The molecule has 0 fully saturated rings. The molecule has 5 nitrogen and oxygen atoms in total. The molecule has 1 aromatic carbocycles. The molecule has 24 heavy (non-hydrogen) atoms. The van der Waals surface area contributed by atoms with Crippen molar-refractivity contribution in [2.24, 2.45) is 0 Å². The van der Waals surface area contributed by atoms with Crippen LogP contribution in [0, 0.1) is 5.82 Å². The van der Waals surface area contributed by atoms with Gasteiger partial charge >= 0.3 is 5.97 Å². The summed E-state index contributed by atoms with van der Waals surface area (Å²) in [7, 11) is 1.61. The summed E-state index contributed by atoms with van der Waals surface area (Å²) in [5, 5.41) is 0. The Morgan fingerprint density at radius 2 is 2.17 bits per heavy atom. The van der Waals surface area contributed by atoms with Crippen LogP contribution < -0.4 is 0 Å². The van der Waals surface area contributed by atoms with Crippen LogP contribution in [0.15, 0.2) is 28.9 Å². The van der Waals surface area contributed by atoms with Crippen molar-refractivity contribution < 1.29 is 18.7 Å². The van der Waals surface area contributed by atoms with E-state index in [1.165, 1.54) is 6.07 Å². The first-order chi connectivity index (χ1) is 11.6. The Morgan fingerprint density at radius 3 is 2.88 bits per heavy atom. The number of nitrogens with zero attached hydrogens (tertiary/aromatic N) is 2. The van der Waals surface area contributed by atoms with Crippen molar-refractivity contribution in [2.45, 2.75) is 19.8 Å². The molecule has 0 aliphatic heterocycles. The number of benzene rings is 1. The molecular weight excluding hydrogens is 379 g/mol. The molecule has 0 amide bonds. The summed E-state index contributed by atoms with van der Waals surface area (Å²) in [6, 6.07) is 4.48. The predicted octanol–water partition coefficient (Wildman–Crippen LogP) is 3.80. The van der Waals surface area contributed by atoms with E-state index in [0.717, 1.165) is 6.42 Å². The van der Waals surface area contributed by atoms with Crippen molar-refractivity contribution in [1.82, 2.24) is 9.97 Å². The number of ether oxygens (including phenoxy) is 2. The number of hydrogen-bond acceptors (Lipinski definition) is 5. The van der Waals surface area contributed by atoms with Gasteiger partial charge in [-0.05, 0) is 38.0 Å². The molecule has 1 heterocycles. The Balaban J connectivity index is 2.42. The molecule has 0 saturated heterocycles. The Bertz CT molecular complexity index is 725. The number of aromatic nitrogens is 2. The van der Waals surface area contributed by atoms with E-state index in [2.05, 4.69) is 25.9 Å². The zero-order valence-corrected chi connectivity index (χ0v) is 15.1. The Labute approximate surface area is 148 Å².